The van der Waals surface area contributed by atoms with Gasteiger partial charge in [0.15, 0.2) is 0 Å². The lowest BCUT2D eigenvalue weighted by Crippen LogP contribution is -2.04. The highest BCUT2D eigenvalue weighted by atomic mass is 19.1. The van der Waals surface area contributed by atoms with Crippen LogP contribution in [0.3, 0.4) is 0 Å². The van der Waals surface area contributed by atoms with Gasteiger partial charge >= 0.3 is 0 Å². The first-order valence-corrected chi connectivity index (χ1v) is 3.57. The fourth-order valence-electron chi connectivity index (χ4n) is 1.34. The summed E-state index contributed by atoms with van der Waals surface area (Å²) in [6.45, 7) is 4.15. The van der Waals surface area contributed by atoms with Gasteiger partial charge in [0.1, 0.15) is 0 Å². The molecule has 0 aliphatic heterocycles. The van der Waals surface area contributed by atoms with Crippen LogP contribution in [-0.4, -0.2) is 0 Å². The van der Waals surface area contributed by atoms with Gasteiger partial charge in [-0.15, -0.1) is 0 Å². The molecular weight excluding hydrogens is 115 g/mol. The van der Waals surface area contributed by atoms with E-state index in [-0.39, 0.29) is 11.7 Å². The van der Waals surface area contributed by atoms with Crippen LogP contribution in [0.2, 0.25) is 0 Å². The van der Waals surface area contributed by atoms with Crippen molar-refractivity contribution >= 4 is 0 Å². The minimum Gasteiger partial charge on any atom is -0.212 e. The van der Waals surface area contributed by atoms with Gasteiger partial charge in [0.2, 0.25) is 0 Å². The maximum absolute atomic E-state index is 12.7. The smallest absolute Gasteiger partial charge is 0.0993 e. The maximum atomic E-state index is 12.7. The van der Waals surface area contributed by atoms with Gasteiger partial charge in [0.25, 0.3) is 0 Å². The molecule has 0 amide bonds. The predicted octanol–water partition coefficient (Wildman–Crippen LogP) is 2.91. The second-order valence-corrected chi connectivity index (χ2v) is 3.02. The molecule has 1 aliphatic carbocycles. The molecule has 0 saturated heterocycles. The molecule has 9 heavy (non-hydrogen) atoms. The van der Waals surface area contributed by atoms with Gasteiger partial charge in [0, 0.05) is 5.92 Å². The van der Waals surface area contributed by atoms with Crippen molar-refractivity contribution in [3.05, 3.63) is 11.9 Å². The van der Waals surface area contributed by atoms with E-state index in [4.69, 9.17) is 0 Å². The minimum absolute atomic E-state index is 0.116. The Morgan fingerprint density at radius 1 is 1.67 bits per heavy atom. The van der Waals surface area contributed by atoms with Crippen LogP contribution in [0.5, 0.6) is 0 Å². The quantitative estimate of drug-likeness (QED) is 0.509. The highest BCUT2D eigenvalue weighted by Gasteiger charge is 2.21. The Balaban J connectivity index is 2.53. The van der Waals surface area contributed by atoms with Crippen molar-refractivity contribution in [3.8, 4) is 0 Å². The molecule has 0 radical (unpaired) electrons. The number of hydrogen-bond donors (Lipinski definition) is 0. The average molecular weight is 128 g/mol. The van der Waals surface area contributed by atoms with Crippen molar-refractivity contribution in [2.75, 3.05) is 0 Å². The second-order valence-electron chi connectivity index (χ2n) is 3.02. The molecule has 1 unspecified atom stereocenters. The lowest BCUT2D eigenvalue weighted by atomic mass is 9.95. The minimum atomic E-state index is 0.116. The fraction of sp³-hybridized carbons (Fsp3) is 0.750. The number of hydrogen-bond acceptors (Lipinski definition) is 0. The third kappa shape index (κ3) is 1.32. The normalized spacial score (nSPS) is 27.1. The molecule has 0 aromatic carbocycles. The molecule has 0 aromatic rings. The summed E-state index contributed by atoms with van der Waals surface area (Å²) < 4.78 is 12.7. The van der Waals surface area contributed by atoms with Gasteiger partial charge in [-0.2, -0.15) is 0 Å². The predicted molar refractivity (Wildman–Crippen MR) is 36.8 cm³/mol. The Hall–Kier alpha value is -0.330. The number of rotatable bonds is 1. The fourth-order valence-corrected chi connectivity index (χ4v) is 1.34. The van der Waals surface area contributed by atoms with E-state index in [2.05, 4.69) is 13.8 Å². The van der Waals surface area contributed by atoms with E-state index in [0.717, 1.165) is 12.8 Å². The molecule has 0 heterocycles. The monoisotopic (exact) mass is 128 g/mol. The van der Waals surface area contributed by atoms with Crippen LogP contribution in [0.1, 0.15) is 26.7 Å². The third-order valence-corrected chi connectivity index (χ3v) is 1.98. The molecule has 1 atom stereocenters. The first-order chi connectivity index (χ1) is 4.22. The molecule has 0 saturated carbocycles. The van der Waals surface area contributed by atoms with Crippen molar-refractivity contribution in [1.29, 1.82) is 0 Å². The largest absolute Gasteiger partial charge is 0.212 e. The highest BCUT2D eigenvalue weighted by molar-refractivity contribution is 5.05. The Morgan fingerprint density at radius 2 is 2.33 bits per heavy atom. The Bertz CT molecular complexity index is 125. The maximum Gasteiger partial charge on any atom is 0.0993 e. The zero-order valence-corrected chi connectivity index (χ0v) is 6.02. The SMILES string of the molecule is CC(C)C1CCC=C1F. The van der Waals surface area contributed by atoms with Gasteiger partial charge in [-0.05, 0) is 18.8 Å². The van der Waals surface area contributed by atoms with Crippen molar-refractivity contribution in [1.82, 2.24) is 0 Å². The van der Waals surface area contributed by atoms with Gasteiger partial charge in [-0.3, -0.25) is 0 Å². The van der Waals surface area contributed by atoms with Crippen molar-refractivity contribution < 1.29 is 4.39 Å². The average Bonchev–Trinajstić information content (AvgIpc) is 2.13. The van der Waals surface area contributed by atoms with Crippen LogP contribution in [0.25, 0.3) is 0 Å². The van der Waals surface area contributed by atoms with Crippen LogP contribution >= 0.6 is 0 Å². The first-order valence-electron chi connectivity index (χ1n) is 3.57. The van der Waals surface area contributed by atoms with Gasteiger partial charge in [-0.1, -0.05) is 19.9 Å². The summed E-state index contributed by atoms with van der Waals surface area (Å²) in [5.41, 5.74) is 0. The molecule has 0 spiro atoms. The van der Waals surface area contributed by atoms with E-state index >= 15 is 0 Å². The van der Waals surface area contributed by atoms with E-state index in [1.54, 1.807) is 6.08 Å². The number of halogens is 1. The van der Waals surface area contributed by atoms with Gasteiger partial charge in [-0.25, -0.2) is 4.39 Å². The Labute approximate surface area is 55.8 Å². The van der Waals surface area contributed by atoms with E-state index in [0.29, 0.717) is 5.92 Å². The molecule has 52 valence electrons. The van der Waals surface area contributed by atoms with Crippen LogP contribution in [0.4, 0.5) is 4.39 Å². The summed E-state index contributed by atoms with van der Waals surface area (Å²) in [5, 5.41) is 0. The summed E-state index contributed by atoms with van der Waals surface area (Å²) in [7, 11) is 0. The summed E-state index contributed by atoms with van der Waals surface area (Å²) in [6, 6.07) is 0. The second kappa shape index (κ2) is 2.51. The summed E-state index contributed by atoms with van der Waals surface area (Å²) in [6.07, 6.45) is 3.67. The zero-order valence-electron chi connectivity index (χ0n) is 6.02. The van der Waals surface area contributed by atoms with E-state index < -0.39 is 0 Å². The van der Waals surface area contributed by atoms with Crippen molar-refractivity contribution in [3.63, 3.8) is 0 Å². The lowest BCUT2D eigenvalue weighted by Gasteiger charge is -2.12. The third-order valence-electron chi connectivity index (χ3n) is 1.98. The topological polar surface area (TPSA) is 0 Å². The van der Waals surface area contributed by atoms with Crippen LogP contribution in [0, 0.1) is 11.8 Å². The van der Waals surface area contributed by atoms with Crippen LogP contribution < -0.4 is 0 Å². The molecule has 0 N–H and O–H groups in total. The molecule has 0 nitrogen and oxygen atoms in total. The van der Waals surface area contributed by atoms with Crippen molar-refractivity contribution in [2.24, 2.45) is 11.8 Å². The molecule has 1 rings (SSSR count). The summed E-state index contributed by atoms with van der Waals surface area (Å²) in [5.74, 6) is 0.818. The molecule has 0 fully saturated rings. The Kier molecular flexibility index (Phi) is 1.89. The highest BCUT2D eigenvalue weighted by Crippen LogP contribution is 2.32. The van der Waals surface area contributed by atoms with Gasteiger partial charge in [0.05, 0.1) is 5.83 Å². The Morgan fingerprint density at radius 3 is 2.56 bits per heavy atom. The standard InChI is InChI=1S/C8H13F/c1-6(2)7-4-3-5-8(7)9/h5-7H,3-4H2,1-2H3. The molecule has 0 bridgehead atoms. The van der Waals surface area contributed by atoms with E-state index in [1.807, 2.05) is 0 Å². The molecule has 0 aromatic heterocycles. The van der Waals surface area contributed by atoms with E-state index in [1.165, 1.54) is 0 Å². The lowest BCUT2D eigenvalue weighted by molar-refractivity contribution is 0.374. The van der Waals surface area contributed by atoms with Crippen molar-refractivity contribution in [2.45, 2.75) is 26.7 Å². The molecular formula is C8H13F. The number of allylic oxidation sites excluding steroid dienone is 2. The van der Waals surface area contributed by atoms with Crippen LogP contribution in [0.15, 0.2) is 11.9 Å². The van der Waals surface area contributed by atoms with Crippen LogP contribution in [-0.2, 0) is 0 Å². The first kappa shape index (κ1) is 6.79. The summed E-state index contributed by atoms with van der Waals surface area (Å²) >= 11 is 0. The molecule has 1 heteroatoms. The van der Waals surface area contributed by atoms with Gasteiger partial charge < -0.3 is 0 Å². The summed E-state index contributed by atoms with van der Waals surface area (Å²) in [4.78, 5) is 0. The molecule has 1 aliphatic rings. The van der Waals surface area contributed by atoms with E-state index in [9.17, 15) is 4.39 Å². The zero-order chi connectivity index (χ0) is 6.85.